The Morgan fingerprint density at radius 1 is 1.24 bits per heavy atom. The summed E-state index contributed by atoms with van der Waals surface area (Å²) in [5, 5.41) is 19.6. The van der Waals surface area contributed by atoms with Gasteiger partial charge in [-0.25, -0.2) is 4.79 Å². The predicted molar refractivity (Wildman–Crippen MR) is 77.3 cm³/mol. The number of hydrogen-bond donors (Lipinski definition) is 2. The molecular weight excluding hydrogens is 294 g/mol. The van der Waals surface area contributed by atoms with E-state index in [9.17, 15) is 9.59 Å². The first-order chi connectivity index (χ1) is 10.1. The van der Waals surface area contributed by atoms with Crippen molar-refractivity contribution in [3.05, 3.63) is 36.4 Å². The zero-order valence-electron chi connectivity index (χ0n) is 10.9. The van der Waals surface area contributed by atoms with Crippen LogP contribution < -0.4 is 10.1 Å². The summed E-state index contributed by atoms with van der Waals surface area (Å²) in [5.41, 5.74) is 0.842. The molecule has 0 unspecified atom stereocenters. The lowest BCUT2D eigenvalue weighted by molar-refractivity contribution is -0.131. The second-order valence-electron chi connectivity index (χ2n) is 3.80. The van der Waals surface area contributed by atoms with E-state index in [2.05, 4.69) is 15.5 Å². The Balaban J connectivity index is 2.07. The number of ether oxygens (including phenoxy) is 1. The van der Waals surface area contributed by atoms with Crippen LogP contribution in [0.5, 0.6) is 5.75 Å². The lowest BCUT2D eigenvalue weighted by Gasteiger charge is -1.99. The van der Waals surface area contributed by atoms with Gasteiger partial charge in [-0.05, 0) is 24.3 Å². The average molecular weight is 305 g/mol. The molecule has 2 rings (SSSR count). The summed E-state index contributed by atoms with van der Waals surface area (Å²) in [5.74, 6) is -1.04. The summed E-state index contributed by atoms with van der Waals surface area (Å²) in [6.45, 7) is 0. The van der Waals surface area contributed by atoms with Gasteiger partial charge in [0, 0.05) is 17.7 Å². The predicted octanol–water partition coefficient (Wildman–Crippen LogP) is 1.79. The summed E-state index contributed by atoms with van der Waals surface area (Å²) < 4.78 is 5.06. The summed E-state index contributed by atoms with van der Waals surface area (Å²) in [7, 11) is 1.58. The van der Waals surface area contributed by atoms with E-state index in [1.165, 1.54) is 11.3 Å². The number of methoxy groups -OCH3 is 1. The van der Waals surface area contributed by atoms with Gasteiger partial charge in [0.2, 0.25) is 11.0 Å². The van der Waals surface area contributed by atoms with Crippen molar-refractivity contribution < 1.29 is 19.4 Å². The molecule has 0 aliphatic heterocycles. The third-order valence-electron chi connectivity index (χ3n) is 2.37. The number of amides is 1. The van der Waals surface area contributed by atoms with Crippen LogP contribution in [0.15, 0.2) is 36.4 Å². The number of carbonyl (C=O) groups is 2. The number of nitrogens with one attached hydrogen (secondary N) is 1. The van der Waals surface area contributed by atoms with Gasteiger partial charge in [0.25, 0.3) is 0 Å². The van der Waals surface area contributed by atoms with E-state index in [0.29, 0.717) is 10.1 Å². The van der Waals surface area contributed by atoms with Crippen molar-refractivity contribution >= 4 is 28.3 Å². The Bertz CT molecular complexity index is 679. The van der Waals surface area contributed by atoms with Crippen LogP contribution in [0.3, 0.4) is 0 Å². The molecule has 0 saturated carbocycles. The van der Waals surface area contributed by atoms with E-state index in [4.69, 9.17) is 9.84 Å². The summed E-state index contributed by atoms with van der Waals surface area (Å²) in [4.78, 5) is 21.7. The summed E-state index contributed by atoms with van der Waals surface area (Å²) >= 11 is 1.19. The van der Waals surface area contributed by atoms with Crippen molar-refractivity contribution in [3.8, 4) is 16.3 Å². The van der Waals surface area contributed by atoms with Gasteiger partial charge in [-0.2, -0.15) is 0 Å². The maximum atomic E-state index is 11.4. The smallest absolute Gasteiger partial charge is 0.328 e. The average Bonchev–Trinajstić information content (AvgIpc) is 2.93. The first-order valence-electron chi connectivity index (χ1n) is 5.78. The van der Waals surface area contributed by atoms with E-state index < -0.39 is 11.9 Å². The van der Waals surface area contributed by atoms with Gasteiger partial charge in [0.15, 0.2) is 0 Å². The van der Waals surface area contributed by atoms with Crippen molar-refractivity contribution in [1.82, 2.24) is 10.2 Å². The molecule has 1 aromatic carbocycles. The highest BCUT2D eigenvalue weighted by Gasteiger charge is 2.08. The van der Waals surface area contributed by atoms with Crippen molar-refractivity contribution in [2.75, 3.05) is 12.4 Å². The number of rotatable bonds is 5. The Kier molecular flexibility index (Phi) is 4.62. The van der Waals surface area contributed by atoms with E-state index in [-0.39, 0.29) is 0 Å². The van der Waals surface area contributed by atoms with Crippen LogP contribution in [0.1, 0.15) is 0 Å². The highest BCUT2D eigenvalue weighted by molar-refractivity contribution is 7.18. The molecule has 0 saturated heterocycles. The number of hydrogen-bond acceptors (Lipinski definition) is 6. The van der Waals surface area contributed by atoms with Crippen molar-refractivity contribution in [1.29, 1.82) is 0 Å². The third-order valence-corrected chi connectivity index (χ3v) is 3.26. The molecule has 0 aliphatic carbocycles. The lowest BCUT2D eigenvalue weighted by atomic mass is 10.2. The highest BCUT2D eigenvalue weighted by atomic mass is 32.1. The zero-order chi connectivity index (χ0) is 15.2. The zero-order valence-corrected chi connectivity index (χ0v) is 11.8. The number of nitrogens with zero attached hydrogens (tertiary/aromatic N) is 2. The number of aromatic nitrogens is 2. The van der Waals surface area contributed by atoms with Gasteiger partial charge in [0.05, 0.1) is 7.11 Å². The SMILES string of the molecule is COc1ccc(-c2nnc(NC(=O)C=CC(=O)O)s2)cc1. The first kappa shape index (κ1) is 14.7. The van der Waals surface area contributed by atoms with E-state index in [1.807, 2.05) is 12.1 Å². The molecule has 1 aromatic heterocycles. The molecule has 21 heavy (non-hydrogen) atoms. The molecule has 0 radical (unpaired) electrons. The second-order valence-corrected chi connectivity index (χ2v) is 4.78. The van der Waals surface area contributed by atoms with Gasteiger partial charge in [-0.1, -0.05) is 11.3 Å². The van der Waals surface area contributed by atoms with Crippen molar-refractivity contribution in [3.63, 3.8) is 0 Å². The van der Waals surface area contributed by atoms with Gasteiger partial charge < -0.3 is 9.84 Å². The van der Waals surface area contributed by atoms with Crippen LogP contribution in [-0.4, -0.2) is 34.3 Å². The number of carboxylic acid groups (broad SMARTS) is 1. The number of carbonyl (C=O) groups excluding carboxylic acids is 1. The molecule has 8 heteroatoms. The maximum Gasteiger partial charge on any atom is 0.328 e. The van der Waals surface area contributed by atoms with Crippen LogP contribution in [-0.2, 0) is 9.59 Å². The van der Waals surface area contributed by atoms with Crippen LogP contribution in [0.4, 0.5) is 5.13 Å². The normalized spacial score (nSPS) is 10.5. The van der Waals surface area contributed by atoms with Crippen LogP contribution >= 0.6 is 11.3 Å². The molecule has 2 N–H and O–H groups in total. The van der Waals surface area contributed by atoms with Gasteiger partial charge >= 0.3 is 5.97 Å². The second kappa shape index (κ2) is 6.62. The van der Waals surface area contributed by atoms with Crippen LogP contribution in [0.2, 0.25) is 0 Å². The van der Waals surface area contributed by atoms with Crippen LogP contribution in [0.25, 0.3) is 10.6 Å². The van der Waals surface area contributed by atoms with E-state index in [0.717, 1.165) is 23.5 Å². The number of benzene rings is 1. The van der Waals surface area contributed by atoms with E-state index >= 15 is 0 Å². The quantitative estimate of drug-likeness (QED) is 0.817. The third kappa shape index (κ3) is 4.11. The summed E-state index contributed by atoms with van der Waals surface area (Å²) in [6.07, 6.45) is 1.66. The number of anilines is 1. The minimum Gasteiger partial charge on any atom is -0.497 e. The first-order valence-corrected chi connectivity index (χ1v) is 6.60. The van der Waals surface area contributed by atoms with Crippen molar-refractivity contribution in [2.24, 2.45) is 0 Å². The Morgan fingerprint density at radius 3 is 2.57 bits per heavy atom. The lowest BCUT2D eigenvalue weighted by Crippen LogP contribution is -2.08. The number of aliphatic carboxylic acids is 1. The molecule has 0 spiro atoms. The topological polar surface area (TPSA) is 101 Å². The molecule has 2 aromatic rings. The minimum absolute atomic E-state index is 0.292. The standard InChI is InChI=1S/C13H11N3O4S/c1-20-9-4-2-8(3-5-9)12-15-16-13(21-12)14-10(17)6-7-11(18)19/h2-7H,1H3,(H,18,19)(H,14,16,17). The number of carboxylic acids is 1. The Morgan fingerprint density at radius 2 is 1.95 bits per heavy atom. The fourth-order valence-corrected chi connectivity index (χ4v) is 2.17. The molecule has 108 valence electrons. The Hall–Kier alpha value is -2.74. The van der Waals surface area contributed by atoms with Gasteiger partial charge in [-0.15, -0.1) is 10.2 Å². The fourth-order valence-electron chi connectivity index (χ4n) is 1.42. The monoisotopic (exact) mass is 305 g/mol. The molecule has 1 heterocycles. The largest absolute Gasteiger partial charge is 0.497 e. The molecule has 0 fully saturated rings. The minimum atomic E-state index is -1.19. The summed E-state index contributed by atoms with van der Waals surface area (Å²) in [6, 6.07) is 7.25. The fraction of sp³-hybridized carbons (Fsp3) is 0.0769. The molecule has 0 atom stereocenters. The molecule has 1 amide bonds. The molecule has 7 nitrogen and oxygen atoms in total. The Labute approximate surface area is 123 Å². The van der Waals surface area contributed by atoms with Gasteiger partial charge in [-0.3, -0.25) is 10.1 Å². The molecule has 0 bridgehead atoms. The molecular formula is C13H11N3O4S. The van der Waals surface area contributed by atoms with Gasteiger partial charge in [0.1, 0.15) is 10.8 Å². The highest BCUT2D eigenvalue weighted by Crippen LogP contribution is 2.27. The maximum absolute atomic E-state index is 11.4. The molecule has 0 aliphatic rings. The van der Waals surface area contributed by atoms with Crippen LogP contribution in [0, 0.1) is 0 Å². The van der Waals surface area contributed by atoms with E-state index in [1.54, 1.807) is 19.2 Å². The van der Waals surface area contributed by atoms with Crippen molar-refractivity contribution in [2.45, 2.75) is 0 Å².